The van der Waals surface area contributed by atoms with Crippen molar-refractivity contribution in [1.29, 1.82) is 0 Å². The van der Waals surface area contributed by atoms with Crippen molar-refractivity contribution in [3.8, 4) is 17.1 Å². The van der Waals surface area contributed by atoms with Gasteiger partial charge in [-0.3, -0.25) is 19.1 Å². The first-order valence-electron chi connectivity index (χ1n) is 14.7. The fourth-order valence-electron chi connectivity index (χ4n) is 5.32. The molecule has 0 unspecified atom stereocenters. The second-order valence-corrected chi connectivity index (χ2v) is 11.3. The Kier molecular flexibility index (Phi) is 10.4. The highest BCUT2D eigenvalue weighted by molar-refractivity contribution is 5.90. The molecule has 11 nitrogen and oxygen atoms in total. The first-order chi connectivity index (χ1) is 20.1. The molecule has 0 fully saturated rings. The van der Waals surface area contributed by atoms with Crippen LogP contribution in [0.25, 0.3) is 11.4 Å². The number of hydrogen-bond acceptors (Lipinski definition) is 6. The van der Waals surface area contributed by atoms with E-state index in [4.69, 9.17) is 4.74 Å². The van der Waals surface area contributed by atoms with Crippen LogP contribution in [0.1, 0.15) is 50.1 Å². The van der Waals surface area contributed by atoms with E-state index in [0.717, 1.165) is 28.3 Å². The van der Waals surface area contributed by atoms with E-state index in [1.165, 1.54) is 0 Å². The van der Waals surface area contributed by atoms with Crippen molar-refractivity contribution in [2.45, 2.75) is 66.0 Å². The minimum Gasteiger partial charge on any atom is -0.494 e. The van der Waals surface area contributed by atoms with Gasteiger partial charge < -0.3 is 24.8 Å². The van der Waals surface area contributed by atoms with Crippen molar-refractivity contribution in [1.82, 2.24) is 34.9 Å². The van der Waals surface area contributed by atoms with Gasteiger partial charge in [0.05, 0.1) is 18.8 Å². The second kappa shape index (κ2) is 14.2. The van der Waals surface area contributed by atoms with Gasteiger partial charge in [-0.2, -0.15) is 5.10 Å². The van der Waals surface area contributed by atoms with Crippen LogP contribution in [0, 0.1) is 19.8 Å². The van der Waals surface area contributed by atoms with Gasteiger partial charge >= 0.3 is 0 Å². The van der Waals surface area contributed by atoms with Gasteiger partial charge in [0.1, 0.15) is 17.6 Å². The van der Waals surface area contributed by atoms with E-state index in [0.29, 0.717) is 51.3 Å². The van der Waals surface area contributed by atoms with Crippen LogP contribution in [0.5, 0.6) is 5.75 Å². The summed E-state index contributed by atoms with van der Waals surface area (Å²) in [6.07, 6.45) is 5.44. The predicted octanol–water partition coefficient (Wildman–Crippen LogP) is 2.79. The highest BCUT2D eigenvalue weighted by Crippen LogP contribution is 2.23. The number of nitrogens with zero attached hydrogens (tertiary/aromatic N) is 5. The average Bonchev–Trinajstić information content (AvgIpc) is 3.51. The molecular formula is C31H43N7O4. The summed E-state index contributed by atoms with van der Waals surface area (Å²) in [5.41, 5.74) is 3.89. The molecule has 1 aliphatic heterocycles. The quantitative estimate of drug-likeness (QED) is 0.481. The molecule has 1 aromatic carbocycles. The van der Waals surface area contributed by atoms with Gasteiger partial charge in [0.2, 0.25) is 17.7 Å². The number of ether oxygens (including phenoxy) is 1. The number of rotatable bonds is 5. The summed E-state index contributed by atoms with van der Waals surface area (Å²) in [6.45, 7) is 9.45. The van der Waals surface area contributed by atoms with Gasteiger partial charge in [0, 0.05) is 56.8 Å². The Hall–Kier alpha value is -4.15. The molecule has 0 aliphatic carbocycles. The third-order valence-corrected chi connectivity index (χ3v) is 7.59. The molecule has 0 radical (unpaired) electrons. The Morgan fingerprint density at radius 3 is 2.74 bits per heavy atom. The van der Waals surface area contributed by atoms with Crippen LogP contribution in [-0.4, -0.2) is 74.2 Å². The van der Waals surface area contributed by atoms with Crippen molar-refractivity contribution in [2.75, 3.05) is 26.2 Å². The molecule has 1 aliphatic rings. The van der Waals surface area contributed by atoms with Gasteiger partial charge in [0.25, 0.3) is 0 Å². The Bertz CT molecular complexity index is 1390. The molecule has 2 aromatic heterocycles. The summed E-state index contributed by atoms with van der Waals surface area (Å²) >= 11 is 0. The molecule has 0 saturated carbocycles. The lowest BCUT2D eigenvalue weighted by atomic mass is 10.0. The molecule has 42 heavy (non-hydrogen) atoms. The Morgan fingerprint density at radius 2 is 2.00 bits per heavy atom. The van der Waals surface area contributed by atoms with E-state index in [-0.39, 0.29) is 36.6 Å². The Balaban J connectivity index is 1.53. The highest BCUT2D eigenvalue weighted by atomic mass is 16.5. The number of aromatic nitrogens is 4. The number of carbonyl (C=O) groups excluding carboxylic acids is 3. The summed E-state index contributed by atoms with van der Waals surface area (Å²) in [5.74, 6) is 0.943. The fourth-order valence-corrected chi connectivity index (χ4v) is 5.32. The van der Waals surface area contributed by atoms with E-state index >= 15 is 0 Å². The number of imidazole rings is 1. The maximum Gasteiger partial charge on any atom is 0.242 e. The van der Waals surface area contributed by atoms with Gasteiger partial charge in [-0.1, -0.05) is 26.0 Å². The van der Waals surface area contributed by atoms with Crippen LogP contribution in [0.15, 0.2) is 36.7 Å². The number of nitrogens with one attached hydrogen (secondary N) is 2. The third kappa shape index (κ3) is 7.98. The summed E-state index contributed by atoms with van der Waals surface area (Å²) in [4.78, 5) is 45.9. The van der Waals surface area contributed by atoms with Gasteiger partial charge in [-0.25, -0.2) is 4.98 Å². The van der Waals surface area contributed by atoms with Gasteiger partial charge in [-0.15, -0.1) is 0 Å². The van der Waals surface area contributed by atoms with E-state index < -0.39 is 6.04 Å². The number of fused-ring (bicyclic) bond motifs is 4. The van der Waals surface area contributed by atoms with Crippen LogP contribution >= 0.6 is 0 Å². The second-order valence-electron chi connectivity index (χ2n) is 11.3. The maximum atomic E-state index is 13.4. The monoisotopic (exact) mass is 577 g/mol. The molecule has 3 aromatic rings. The summed E-state index contributed by atoms with van der Waals surface area (Å²) in [7, 11) is 1.89. The molecule has 1 atom stereocenters. The molecule has 226 valence electrons. The van der Waals surface area contributed by atoms with E-state index in [1.54, 1.807) is 11.1 Å². The molecule has 11 heteroatoms. The summed E-state index contributed by atoms with van der Waals surface area (Å²) in [6, 6.07) is 7.02. The molecular weight excluding hydrogens is 534 g/mol. The van der Waals surface area contributed by atoms with Gasteiger partial charge in [-0.05, 0) is 56.7 Å². The first kappa shape index (κ1) is 30.8. The zero-order valence-electron chi connectivity index (χ0n) is 25.4. The minimum absolute atomic E-state index is 0.124. The van der Waals surface area contributed by atoms with Crippen molar-refractivity contribution in [3.05, 3.63) is 53.6 Å². The normalized spacial score (nSPS) is 17.1. The van der Waals surface area contributed by atoms with Crippen LogP contribution in [0.2, 0.25) is 0 Å². The number of hydrogen-bond donors (Lipinski definition) is 2. The molecule has 3 amide bonds. The Morgan fingerprint density at radius 1 is 1.19 bits per heavy atom. The van der Waals surface area contributed by atoms with Crippen LogP contribution < -0.4 is 15.4 Å². The topological polar surface area (TPSA) is 123 Å². The predicted molar refractivity (Wildman–Crippen MR) is 160 cm³/mol. The number of carbonyl (C=O) groups is 3. The lowest BCUT2D eigenvalue weighted by Crippen LogP contribution is -2.51. The average molecular weight is 578 g/mol. The SMILES string of the molecule is Cc1nn(C)c(C)c1CCC(=O)N1CCCOc2cccc(c2)-c2nccn2CCNC(=O)[C@@H](CC(C)C)NC(=O)C1. The van der Waals surface area contributed by atoms with Crippen molar-refractivity contribution < 1.29 is 19.1 Å². The lowest BCUT2D eigenvalue weighted by Gasteiger charge is -2.25. The van der Waals surface area contributed by atoms with E-state index in [2.05, 4.69) is 20.7 Å². The highest BCUT2D eigenvalue weighted by Gasteiger charge is 2.25. The van der Waals surface area contributed by atoms with Crippen molar-refractivity contribution in [3.63, 3.8) is 0 Å². The molecule has 0 spiro atoms. The Labute approximate surface area is 247 Å². The van der Waals surface area contributed by atoms with Crippen molar-refractivity contribution >= 4 is 17.7 Å². The summed E-state index contributed by atoms with van der Waals surface area (Å²) < 4.78 is 9.83. The number of aryl methyl sites for hydroxylation is 2. The van der Waals surface area contributed by atoms with Crippen LogP contribution in [0.3, 0.4) is 0 Å². The molecule has 0 saturated heterocycles. The maximum absolute atomic E-state index is 13.4. The number of benzene rings is 1. The third-order valence-electron chi connectivity index (χ3n) is 7.59. The molecule has 3 heterocycles. The van der Waals surface area contributed by atoms with Crippen LogP contribution in [0.4, 0.5) is 0 Å². The van der Waals surface area contributed by atoms with Crippen LogP contribution in [-0.2, 0) is 34.4 Å². The van der Waals surface area contributed by atoms with E-state index in [9.17, 15) is 14.4 Å². The molecule has 2 N–H and O–H groups in total. The van der Waals surface area contributed by atoms with Gasteiger partial charge in [0.15, 0.2) is 0 Å². The first-order valence-corrected chi connectivity index (χ1v) is 14.7. The standard InChI is InChI=1S/C31H43N7O4/c1-21(2)18-27-31(41)33-13-16-37-15-12-32-30(37)24-8-6-9-25(19-24)42-17-7-14-38(20-28(39)34-27)29(40)11-10-26-22(3)35-36(5)23(26)4/h6,8-9,12,15,19,21,27H,7,10-11,13-14,16-18,20H2,1-5H3,(H,33,41)(H,34,39)/t27-/m1/s1. The zero-order valence-corrected chi connectivity index (χ0v) is 25.4. The molecule has 4 rings (SSSR count). The minimum atomic E-state index is -0.698. The van der Waals surface area contributed by atoms with Crippen molar-refractivity contribution in [2.24, 2.45) is 13.0 Å². The summed E-state index contributed by atoms with van der Waals surface area (Å²) in [5, 5.41) is 10.3. The number of amides is 3. The van der Waals surface area contributed by atoms with E-state index in [1.807, 2.05) is 74.5 Å². The smallest absolute Gasteiger partial charge is 0.242 e. The largest absolute Gasteiger partial charge is 0.494 e. The fraction of sp³-hybridized carbons (Fsp3) is 0.516. The molecule has 2 bridgehead atoms. The zero-order chi connectivity index (χ0) is 30.2. The lowest BCUT2D eigenvalue weighted by molar-refractivity contribution is -0.137.